The van der Waals surface area contributed by atoms with Gasteiger partial charge in [0.1, 0.15) is 5.54 Å². The fourth-order valence-electron chi connectivity index (χ4n) is 4.61. The SMILES string of the molecule is CC1(C)C[C@H](CN2CCC3(CC2)Nc2ccccc2NC3=O)CCO1. The van der Waals surface area contributed by atoms with Crippen molar-refractivity contribution in [2.24, 2.45) is 5.92 Å². The van der Waals surface area contributed by atoms with Crippen LogP contribution in [0.15, 0.2) is 24.3 Å². The summed E-state index contributed by atoms with van der Waals surface area (Å²) in [5.41, 5.74) is 1.50. The highest BCUT2D eigenvalue weighted by Crippen LogP contribution is 2.37. The molecule has 3 aliphatic rings. The Morgan fingerprint density at radius 3 is 2.64 bits per heavy atom. The second kappa shape index (κ2) is 6.29. The maximum absolute atomic E-state index is 12.7. The smallest absolute Gasteiger partial charge is 0.250 e. The number of hydrogen-bond donors (Lipinski definition) is 2. The van der Waals surface area contributed by atoms with Crippen molar-refractivity contribution >= 4 is 17.3 Å². The summed E-state index contributed by atoms with van der Waals surface area (Å²) in [6.07, 6.45) is 4.00. The second-order valence-corrected chi connectivity index (χ2v) is 8.47. The number of carbonyl (C=O) groups is 1. The Hall–Kier alpha value is -1.59. The molecule has 5 heteroatoms. The van der Waals surface area contributed by atoms with Crippen LogP contribution >= 0.6 is 0 Å². The molecule has 2 fully saturated rings. The standard InChI is InChI=1S/C20H29N3O2/c1-19(2)13-15(7-12-25-19)14-23-10-8-20(9-11-23)18(24)21-16-5-3-4-6-17(16)22-20/h3-6,15,22H,7-14H2,1-2H3,(H,21,24)/t15-/m1/s1. The molecular formula is C20H29N3O2. The predicted octanol–water partition coefficient (Wildman–Crippen LogP) is 3.09. The van der Waals surface area contributed by atoms with Crippen LogP contribution in [0.5, 0.6) is 0 Å². The van der Waals surface area contributed by atoms with Crippen molar-refractivity contribution in [3.05, 3.63) is 24.3 Å². The number of hydrogen-bond acceptors (Lipinski definition) is 4. The largest absolute Gasteiger partial charge is 0.376 e. The maximum atomic E-state index is 12.7. The van der Waals surface area contributed by atoms with E-state index in [1.54, 1.807) is 0 Å². The van der Waals surface area contributed by atoms with Gasteiger partial charge in [0, 0.05) is 26.2 Å². The molecule has 0 unspecified atom stereocenters. The first-order chi connectivity index (χ1) is 12.0. The van der Waals surface area contributed by atoms with E-state index in [2.05, 4.69) is 29.4 Å². The Bertz CT molecular complexity index is 650. The molecule has 0 bridgehead atoms. The fourth-order valence-corrected chi connectivity index (χ4v) is 4.61. The first-order valence-electron chi connectivity index (χ1n) is 9.51. The number of rotatable bonds is 2. The van der Waals surface area contributed by atoms with Gasteiger partial charge >= 0.3 is 0 Å². The number of ether oxygens (including phenoxy) is 1. The number of piperidine rings is 1. The van der Waals surface area contributed by atoms with Gasteiger partial charge in [0.2, 0.25) is 5.91 Å². The number of nitrogens with zero attached hydrogens (tertiary/aromatic N) is 1. The number of anilines is 2. The first-order valence-corrected chi connectivity index (χ1v) is 9.51. The lowest BCUT2D eigenvalue weighted by atomic mass is 9.83. The predicted molar refractivity (Wildman–Crippen MR) is 99.9 cm³/mol. The van der Waals surface area contributed by atoms with Crippen LogP contribution in [0.25, 0.3) is 0 Å². The lowest BCUT2D eigenvalue weighted by molar-refractivity contribution is -0.122. The summed E-state index contributed by atoms with van der Waals surface area (Å²) in [7, 11) is 0. The molecule has 2 N–H and O–H groups in total. The number of para-hydroxylation sites is 2. The van der Waals surface area contributed by atoms with Crippen molar-refractivity contribution in [1.29, 1.82) is 0 Å². The molecule has 0 aliphatic carbocycles. The van der Waals surface area contributed by atoms with Crippen LogP contribution in [0.4, 0.5) is 11.4 Å². The van der Waals surface area contributed by atoms with Gasteiger partial charge in [-0.25, -0.2) is 0 Å². The summed E-state index contributed by atoms with van der Waals surface area (Å²) in [5.74, 6) is 0.824. The van der Waals surface area contributed by atoms with E-state index >= 15 is 0 Å². The van der Waals surface area contributed by atoms with Crippen molar-refractivity contribution in [1.82, 2.24) is 4.90 Å². The molecule has 0 aromatic heterocycles. The van der Waals surface area contributed by atoms with Gasteiger partial charge in [0.15, 0.2) is 0 Å². The van der Waals surface area contributed by atoms with Crippen LogP contribution in [0, 0.1) is 5.92 Å². The zero-order valence-electron chi connectivity index (χ0n) is 15.3. The lowest BCUT2D eigenvalue weighted by Gasteiger charge is -2.45. The zero-order valence-corrected chi connectivity index (χ0v) is 15.3. The van der Waals surface area contributed by atoms with Crippen molar-refractivity contribution in [2.75, 3.05) is 36.9 Å². The number of amides is 1. The van der Waals surface area contributed by atoms with E-state index < -0.39 is 5.54 Å². The van der Waals surface area contributed by atoms with Crippen LogP contribution in [-0.4, -0.2) is 48.2 Å². The molecule has 5 nitrogen and oxygen atoms in total. The third-order valence-electron chi connectivity index (χ3n) is 6.01. The maximum Gasteiger partial charge on any atom is 0.250 e. The number of likely N-dealkylation sites (tertiary alicyclic amines) is 1. The van der Waals surface area contributed by atoms with E-state index in [-0.39, 0.29) is 11.5 Å². The normalized spacial score (nSPS) is 28.1. The molecule has 1 spiro atoms. The lowest BCUT2D eigenvalue weighted by Crippen LogP contribution is -2.58. The number of nitrogens with one attached hydrogen (secondary N) is 2. The summed E-state index contributed by atoms with van der Waals surface area (Å²) < 4.78 is 5.84. The van der Waals surface area contributed by atoms with Crippen molar-refractivity contribution in [2.45, 2.75) is 50.7 Å². The van der Waals surface area contributed by atoms with Gasteiger partial charge in [0.05, 0.1) is 17.0 Å². The van der Waals surface area contributed by atoms with Gasteiger partial charge in [-0.15, -0.1) is 0 Å². The van der Waals surface area contributed by atoms with Gasteiger partial charge in [0.25, 0.3) is 0 Å². The topological polar surface area (TPSA) is 53.6 Å². The molecule has 0 radical (unpaired) electrons. The van der Waals surface area contributed by atoms with Gasteiger partial charge < -0.3 is 20.3 Å². The van der Waals surface area contributed by atoms with Crippen molar-refractivity contribution < 1.29 is 9.53 Å². The van der Waals surface area contributed by atoms with Gasteiger partial charge in [-0.1, -0.05) is 12.1 Å². The molecule has 1 aromatic rings. The van der Waals surface area contributed by atoms with Gasteiger partial charge in [-0.05, 0) is 57.6 Å². The monoisotopic (exact) mass is 343 g/mol. The highest BCUT2D eigenvalue weighted by Gasteiger charge is 2.44. The fraction of sp³-hybridized carbons (Fsp3) is 0.650. The summed E-state index contributed by atoms with van der Waals surface area (Å²) >= 11 is 0. The van der Waals surface area contributed by atoms with Crippen molar-refractivity contribution in [3.63, 3.8) is 0 Å². The summed E-state index contributed by atoms with van der Waals surface area (Å²) in [6.45, 7) is 8.33. The number of benzene rings is 1. The molecule has 3 heterocycles. The summed E-state index contributed by atoms with van der Waals surface area (Å²) in [6, 6.07) is 7.97. The molecular weight excluding hydrogens is 314 g/mol. The minimum atomic E-state index is -0.445. The van der Waals surface area contributed by atoms with Crippen LogP contribution in [-0.2, 0) is 9.53 Å². The average Bonchev–Trinajstić information content (AvgIpc) is 2.57. The minimum absolute atomic E-state index is 0.00838. The van der Waals surface area contributed by atoms with Gasteiger partial charge in [-0.2, -0.15) is 0 Å². The van der Waals surface area contributed by atoms with Crippen LogP contribution in [0.2, 0.25) is 0 Å². The van der Waals surface area contributed by atoms with E-state index in [1.165, 1.54) is 0 Å². The Morgan fingerprint density at radius 1 is 1.20 bits per heavy atom. The highest BCUT2D eigenvalue weighted by molar-refractivity contribution is 6.06. The summed E-state index contributed by atoms with van der Waals surface area (Å²) in [4.78, 5) is 15.2. The Morgan fingerprint density at radius 2 is 1.92 bits per heavy atom. The molecule has 1 amide bonds. The zero-order chi connectivity index (χ0) is 17.5. The van der Waals surface area contributed by atoms with Crippen LogP contribution in [0.3, 0.4) is 0 Å². The molecule has 3 aliphatic heterocycles. The highest BCUT2D eigenvalue weighted by atomic mass is 16.5. The number of carbonyl (C=O) groups excluding carboxylic acids is 1. The minimum Gasteiger partial charge on any atom is -0.376 e. The third kappa shape index (κ3) is 3.40. The molecule has 4 rings (SSSR count). The van der Waals surface area contributed by atoms with E-state index in [1.807, 2.05) is 24.3 Å². The van der Waals surface area contributed by atoms with E-state index in [0.29, 0.717) is 5.92 Å². The van der Waals surface area contributed by atoms with E-state index in [0.717, 1.165) is 63.3 Å². The molecule has 2 saturated heterocycles. The average molecular weight is 343 g/mol. The quantitative estimate of drug-likeness (QED) is 0.866. The molecule has 136 valence electrons. The molecule has 1 aromatic carbocycles. The van der Waals surface area contributed by atoms with Crippen LogP contribution < -0.4 is 10.6 Å². The van der Waals surface area contributed by atoms with E-state index in [4.69, 9.17) is 4.74 Å². The van der Waals surface area contributed by atoms with E-state index in [9.17, 15) is 4.79 Å². The first kappa shape index (κ1) is 16.9. The molecule has 25 heavy (non-hydrogen) atoms. The molecule has 1 atom stereocenters. The van der Waals surface area contributed by atoms with Gasteiger partial charge in [-0.3, -0.25) is 4.79 Å². The second-order valence-electron chi connectivity index (χ2n) is 8.47. The number of fused-ring (bicyclic) bond motifs is 1. The van der Waals surface area contributed by atoms with Crippen LogP contribution in [0.1, 0.15) is 39.5 Å². The Labute approximate surface area is 150 Å². The summed E-state index contributed by atoms with van der Waals surface area (Å²) in [5, 5.41) is 6.63. The third-order valence-corrected chi connectivity index (χ3v) is 6.01. The molecule has 0 saturated carbocycles. The Kier molecular flexibility index (Phi) is 4.24. The Balaban J connectivity index is 1.37. The van der Waals surface area contributed by atoms with Crippen molar-refractivity contribution in [3.8, 4) is 0 Å².